The van der Waals surface area contributed by atoms with Crippen molar-refractivity contribution in [2.75, 3.05) is 7.11 Å². The van der Waals surface area contributed by atoms with Crippen LogP contribution in [0.15, 0.2) is 47.3 Å². The number of rotatable bonds is 4. The van der Waals surface area contributed by atoms with Crippen LogP contribution in [0.4, 0.5) is 0 Å². The Bertz CT molecular complexity index is 1250. The van der Waals surface area contributed by atoms with Crippen molar-refractivity contribution in [1.29, 1.82) is 0 Å². The molecule has 1 fully saturated rings. The number of halogens is 1. The fourth-order valence-electron chi connectivity index (χ4n) is 6.38. The third-order valence-electron chi connectivity index (χ3n) is 7.62. The fourth-order valence-corrected chi connectivity index (χ4v) is 6.58. The summed E-state index contributed by atoms with van der Waals surface area (Å²) in [7, 11) is 1.67. The van der Waals surface area contributed by atoms with E-state index < -0.39 is 0 Å². The maximum atomic E-state index is 13.4. The molecule has 5 rings (SSSR count). The molecule has 4 nitrogen and oxygen atoms in total. The molecule has 0 bridgehead atoms. The van der Waals surface area contributed by atoms with Crippen molar-refractivity contribution < 1.29 is 9.47 Å². The molecular weight excluding hydrogens is 422 g/mol. The average Bonchev–Trinajstić information content (AvgIpc) is 2.73. The zero-order chi connectivity index (χ0) is 22.8. The first kappa shape index (κ1) is 21.4. The van der Waals surface area contributed by atoms with Gasteiger partial charge >= 0.3 is 0 Å². The molecule has 4 atom stereocenters. The molecule has 32 heavy (non-hydrogen) atoms. The largest absolute Gasteiger partial charge is 0.496 e. The number of H-pyrrole nitrogens is 1. The summed E-state index contributed by atoms with van der Waals surface area (Å²) in [5.41, 5.74) is 3.40. The van der Waals surface area contributed by atoms with Crippen LogP contribution in [-0.2, 0) is 5.88 Å². The quantitative estimate of drug-likeness (QED) is 0.479. The van der Waals surface area contributed by atoms with Crippen molar-refractivity contribution in [2.24, 2.45) is 17.8 Å². The van der Waals surface area contributed by atoms with Crippen LogP contribution < -0.4 is 15.0 Å². The lowest BCUT2D eigenvalue weighted by Gasteiger charge is -2.62. The van der Waals surface area contributed by atoms with Crippen molar-refractivity contribution in [3.05, 3.63) is 69.5 Å². The number of alkyl halides is 1. The minimum absolute atomic E-state index is 0.0394. The van der Waals surface area contributed by atoms with Crippen LogP contribution in [0.3, 0.4) is 0 Å². The monoisotopic (exact) mass is 451 g/mol. The smallest absolute Gasteiger partial charge is 0.255 e. The van der Waals surface area contributed by atoms with Gasteiger partial charge in [-0.05, 0) is 55.4 Å². The van der Waals surface area contributed by atoms with Crippen molar-refractivity contribution in [1.82, 2.24) is 4.98 Å². The summed E-state index contributed by atoms with van der Waals surface area (Å²) in [6.07, 6.45) is 0. The molecule has 1 saturated carbocycles. The highest BCUT2D eigenvalue weighted by Gasteiger charge is 2.62. The van der Waals surface area contributed by atoms with E-state index in [-0.39, 0.29) is 28.9 Å². The first-order chi connectivity index (χ1) is 15.3. The van der Waals surface area contributed by atoms with Gasteiger partial charge in [0.05, 0.1) is 24.1 Å². The zero-order valence-electron chi connectivity index (χ0n) is 19.2. The van der Waals surface area contributed by atoms with Gasteiger partial charge in [0, 0.05) is 22.8 Å². The van der Waals surface area contributed by atoms with Crippen molar-refractivity contribution in [3.8, 4) is 11.5 Å². The first-order valence-corrected chi connectivity index (χ1v) is 11.9. The number of aromatic amines is 1. The second-order valence-electron chi connectivity index (χ2n) is 10.1. The minimum Gasteiger partial charge on any atom is -0.496 e. The van der Waals surface area contributed by atoms with E-state index in [4.69, 9.17) is 21.1 Å². The summed E-state index contributed by atoms with van der Waals surface area (Å²) >= 11 is 6.25. The molecule has 0 spiro atoms. The van der Waals surface area contributed by atoms with Gasteiger partial charge in [0.25, 0.3) is 5.56 Å². The molecule has 0 radical (unpaired) electrons. The molecule has 0 saturated heterocycles. The lowest BCUT2D eigenvalue weighted by Crippen LogP contribution is -2.60. The maximum Gasteiger partial charge on any atom is 0.255 e. The Labute approximate surface area is 193 Å². The van der Waals surface area contributed by atoms with Crippen LogP contribution >= 0.6 is 11.6 Å². The number of ether oxygens (including phenoxy) is 2. The van der Waals surface area contributed by atoms with E-state index in [0.29, 0.717) is 17.7 Å². The van der Waals surface area contributed by atoms with E-state index in [9.17, 15) is 4.79 Å². The maximum absolute atomic E-state index is 13.4. The van der Waals surface area contributed by atoms with Gasteiger partial charge in [-0.2, -0.15) is 0 Å². The Morgan fingerprint density at radius 2 is 1.91 bits per heavy atom. The number of fused-ring (bicyclic) bond motifs is 5. The molecule has 1 N–H and O–H groups in total. The van der Waals surface area contributed by atoms with Gasteiger partial charge in [-0.1, -0.05) is 38.1 Å². The number of benzene rings is 2. The van der Waals surface area contributed by atoms with Gasteiger partial charge in [-0.25, -0.2) is 0 Å². The van der Waals surface area contributed by atoms with Crippen molar-refractivity contribution in [2.45, 2.75) is 51.0 Å². The molecule has 2 aliphatic rings. The topological polar surface area (TPSA) is 51.3 Å². The highest BCUT2D eigenvalue weighted by atomic mass is 35.5. The van der Waals surface area contributed by atoms with E-state index >= 15 is 0 Å². The van der Waals surface area contributed by atoms with Crippen LogP contribution in [0.5, 0.6) is 11.5 Å². The van der Waals surface area contributed by atoms with Crippen molar-refractivity contribution >= 4 is 22.5 Å². The summed E-state index contributed by atoms with van der Waals surface area (Å²) in [4.78, 5) is 16.5. The van der Waals surface area contributed by atoms with Gasteiger partial charge in [0.15, 0.2) is 0 Å². The van der Waals surface area contributed by atoms with Gasteiger partial charge in [0.1, 0.15) is 17.1 Å². The molecule has 2 aromatic carbocycles. The van der Waals surface area contributed by atoms with E-state index in [2.05, 4.69) is 44.8 Å². The van der Waals surface area contributed by atoms with E-state index in [1.165, 1.54) is 5.56 Å². The van der Waals surface area contributed by atoms with Crippen LogP contribution in [0.1, 0.15) is 56.2 Å². The Kier molecular flexibility index (Phi) is 5.05. The molecule has 0 unspecified atom stereocenters. The Hall–Kier alpha value is -2.46. The van der Waals surface area contributed by atoms with Crippen LogP contribution in [0.2, 0.25) is 0 Å². The molecular formula is C27H30ClNO3. The van der Waals surface area contributed by atoms with Gasteiger partial charge in [-0.15, -0.1) is 11.6 Å². The lowest BCUT2D eigenvalue weighted by molar-refractivity contribution is -0.104. The fraction of sp³-hybridized carbons (Fsp3) is 0.444. The second-order valence-corrected chi connectivity index (χ2v) is 10.3. The highest BCUT2D eigenvalue weighted by molar-refractivity contribution is 6.17. The summed E-state index contributed by atoms with van der Waals surface area (Å²) < 4.78 is 12.1. The minimum atomic E-state index is -0.374. The third-order valence-corrected chi connectivity index (χ3v) is 7.90. The van der Waals surface area contributed by atoms with Crippen molar-refractivity contribution in [3.63, 3.8) is 0 Å². The standard InChI is InChI=1S/C27H30ClNO3/c1-14(2)20-21(15-10-11-19(31-5)16(12-15)13-28)22-23-25(32-27(3,4)24(20)22)17-8-6-7-9-18(17)29-26(23)30/h6-12,14,20-22,24H,13H2,1-5H3,(H,29,30)/t20-,21-,22+,24+/m1/s1. The third kappa shape index (κ3) is 2.99. The Morgan fingerprint density at radius 1 is 1.16 bits per heavy atom. The van der Waals surface area contributed by atoms with Crippen LogP contribution in [-0.4, -0.2) is 17.7 Å². The molecule has 168 valence electrons. The number of aromatic nitrogens is 1. The lowest BCUT2D eigenvalue weighted by atomic mass is 9.45. The second kappa shape index (κ2) is 7.55. The molecule has 2 heterocycles. The molecule has 1 aliphatic heterocycles. The Balaban J connectivity index is 1.74. The molecule has 1 aromatic heterocycles. The number of hydrogen-bond donors (Lipinski definition) is 1. The Morgan fingerprint density at radius 3 is 2.59 bits per heavy atom. The van der Waals surface area contributed by atoms with E-state index in [0.717, 1.165) is 33.5 Å². The average molecular weight is 452 g/mol. The molecule has 0 amide bonds. The predicted molar refractivity (Wildman–Crippen MR) is 129 cm³/mol. The normalized spacial score (nSPS) is 25.6. The van der Waals surface area contributed by atoms with Crippen LogP contribution in [0.25, 0.3) is 10.9 Å². The zero-order valence-corrected chi connectivity index (χ0v) is 20.0. The van der Waals surface area contributed by atoms with Crippen LogP contribution in [0, 0.1) is 17.8 Å². The SMILES string of the molecule is COc1ccc([C@H]2[C@H]3c4c(c5ccccc5[nH]c4=O)OC(C)(C)[C@H]3[C@@H]2C(C)C)cc1CCl. The number of methoxy groups -OCH3 is 1. The van der Waals surface area contributed by atoms with Gasteiger partial charge in [0.2, 0.25) is 0 Å². The number of para-hydroxylation sites is 1. The predicted octanol–water partition coefficient (Wildman–Crippen LogP) is 6.22. The molecule has 1 aliphatic carbocycles. The van der Waals surface area contributed by atoms with E-state index in [1.807, 2.05) is 30.3 Å². The van der Waals surface area contributed by atoms with Gasteiger partial charge < -0.3 is 14.5 Å². The molecule has 3 aromatic rings. The summed E-state index contributed by atoms with van der Waals surface area (Å²) in [6, 6.07) is 14.2. The molecule has 5 heteroatoms. The van der Waals surface area contributed by atoms with E-state index in [1.54, 1.807) is 7.11 Å². The number of pyridine rings is 1. The number of nitrogens with one attached hydrogen (secondary N) is 1. The summed E-state index contributed by atoms with van der Waals surface area (Å²) in [5, 5.41) is 0.969. The van der Waals surface area contributed by atoms with Gasteiger partial charge in [-0.3, -0.25) is 4.79 Å². The highest BCUT2D eigenvalue weighted by Crippen LogP contribution is 2.67. The summed E-state index contributed by atoms with van der Waals surface area (Å²) in [5.74, 6) is 3.34. The first-order valence-electron chi connectivity index (χ1n) is 11.3. The summed E-state index contributed by atoms with van der Waals surface area (Å²) in [6.45, 7) is 8.90. The number of hydrogen-bond acceptors (Lipinski definition) is 3.